The first kappa shape index (κ1) is 12.6. The summed E-state index contributed by atoms with van der Waals surface area (Å²) in [6, 6.07) is 0. The molecular weight excluding hydrogens is 284 g/mol. The van der Waals surface area contributed by atoms with Crippen molar-refractivity contribution < 1.29 is 5.11 Å². The van der Waals surface area contributed by atoms with Crippen LogP contribution in [-0.2, 0) is 0 Å². The second-order valence-corrected chi connectivity index (χ2v) is 5.29. The molecule has 0 radical (unpaired) electrons. The maximum absolute atomic E-state index is 9.25. The Morgan fingerprint density at radius 1 is 1.47 bits per heavy atom. The van der Waals surface area contributed by atoms with Crippen LogP contribution in [-0.4, -0.2) is 28.2 Å². The summed E-state index contributed by atoms with van der Waals surface area (Å²) in [5.41, 5.74) is 5.54. The van der Waals surface area contributed by atoms with Crippen LogP contribution >= 0.6 is 15.9 Å². The summed E-state index contributed by atoms with van der Waals surface area (Å²) in [4.78, 5) is 8.02. The number of halogens is 1. The quantitative estimate of drug-likeness (QED) is 0.787. The van der Waals surface area contributed by atoms with E-state index in [-0.39, 0.29) is 12.6 Å². The lowest BCUT2D eigenvalue weighted by atomic mass is 9.97. The molecule has 0 saturated heterocycles. The third kappa shape index (κ3) is 3.07. The number of anilines is 2. The zero-order chi connectivity index (χ0) is 12.3. The van der Waals surface area contributed by atoms with Gasteiger partial charge in [0.15, 0.2) is 0 Å². The van der Waals surface area contributed by atoms with E-state index in [1.54, 1.807) is 6.20 Å². The van der Waals surface area contributed by atoms with Gasteiger partial charge < -0.3 is 16.2 Å². The van der Waals surface area contributed by atoms with Crippen molar-refractivity contribution in [2.45, 2.75) is 19.3 Å². The minimum absolute atomic E-state index is 0.265. The molecule has 4 N–H and O–H groups in total. The highest BCUT2D eigenvalue weighted by Gasteiger charge is 2.26. The van der Waals surface area contributed by atoms with Crippen molar-refractivity contribution in [2.75, 3.05) is 24.2 Å². The molecule has 2 unspecified atom stereocenters. The number of rotatable bonds is 4. The summed E-state index contributed by atoms with van der Waals surface area (Å²) in [5.74, 6) is 1.92. The smallest absolute Gasteiger partial charge is 0.221 e. The number of aromatic nitrogens is 2. The van der Waals surface area contributed by atoms with Gasteiger partial charge in [-0.15, -0.1) is 0 Å². The van der Waals surface area contributed by atoms with Crippen LogP contribution in [0.1, 0.15) is 19.3 Å². The average Bonchev–Trinajstić information content (AvgIpc) is 2.77. The summed E-state index contributed by atoms with van der Waals surface area (Å²) < 4.78 is 0.810. The van der Waals surface area contributed by atoms with Gasteiger partial charge in [-0.25, -0.2) is 4.98 Å². The number of nitrogen functional groups attached to an aromatic ring is 1. The molecule has 0 bridgehead atoms. The molecule has 1 heterocycles. The Bertz CT molecular complexity index is 388. The van der Waals surface area contributed by atoms with Gasteiger partial charge in [-0.2, -0.15) is 4.98 Å². The molecule has 1 aromatic heterocycles. The Labute approximate surface area is 109 Å². The third-order valence-corrected chi connectivity index (χ3v) is 3.93. The predicted molar refractivity (Wildman–Crippen MR) is 70.6 cm³/mol. The largest absolute Gasteiger partial charge is 0.396 e. The summed E-state index contributed by atoms with van der Waals surface area (Å²) in [7, 11) is 0. The molecule has 1 aliphatic rings. The van der Waals surface area contributed by atoms with Crippen molar-refractivity contribution in [3.05, 3.63) is 10.7 Å². The van der Waals surface area contributed by atoms with Crippen molar-refractivity contribution in [2.24, 2.45) is 11.8 Å². The molecule has 0 aromatic carbocycles. The molecule has 5 nitrogen and oxygen atoms in total. The van der Waals surface area contributed by atoms with Crippen molar-refractivity contribution in [3.8, 4) is 0 Å². The monoisotopic (exact) mass is 300 g/mol. The minimum Gasteiger partial charge on any atom is -0.396 e. The molecule has 94 valence electrons. The Hall–Kier alpha value is -0.880. The van der Waals surface area contributed by atoms with E-state index < -0.39 is 0 Å². The Kier molecular flexibility index (Phi) is 4.17. The number of nitrogens with zero attached hydrogens (tertiary/aromatic N) is 2. The predicted octanol–water partition coefficient (Wildman–Crippen LogP) is 1.64. The Balaban J connectivity index is 1.95. The first-order valence-electron chi connectivity index (χ1n) is 5.83. The van der Waals surface area contributed by atoms with Gasteiger partial charge in [-0.3, -0.25) is 0 Å². The molecule has 1 aliphatic carbocycles. The fourth-order valence-electron chi connectivity index (χ4n) is 2.36. The summed E-state index contributed by atoms with van der Waals surface area (Å²) in [5, 5.41) is 12.5. The maximum Gasteiger partial charge on any atom is 0.221 e. The van der Waals surface area contributed by atoms with E-state index in [1.807, 2.05) is 0 Å². The molecule has 1 aromatic rings. The van der Waals surface area contributed by atoms with Crippen molar-refractivity contribution in [3.63, 3.8) is 0 Å². The number of aliphatic hydroxyl groups is 1. The number of aliphatic hydroxyl groups excluding tert-OH is 1. The zero-order valence-electron chi connectivity index (χ0n) is 9.56. The SMILES string of the molecule is Nc1ncc(Br)c(NCC2CCCC2CO)n1. The highest BCUT2D eigenvalue weighted by Crippen LogP contribution is 2.31. The van der Waals surface area contributed by atoms with Crippen LogP contribution in [0.4, 0.5) is 11.8 Å². The van der Waals surface area contributed by atoms with E-state index in [0.29, 0.717) is 11.8 Å². The van der Waals surface area contributed by atoms with Crippen LogP contribution < -0.4 is 11.1 Å². The molecule has 0 spiro atoms. The number of nitrogens with one attached hydrogen (secondary N) is 1. The second kappa shape index (κ2) is 5.64. The van der Waals surface area contributed by atoms with Crippen molar-refractivity contribution in [1.29, 1.82) is 0 Å². The van der Waals surface area contributed by atoms with Gasteiger partial charge in [0, 0.05) is 19.3 Å². The average molecular weight is 301 g/mol. The minimum atomic E-state index is 0.265. The molecular formula is C11H17BrN4O. The maximum atomic E-state index is 9.25. The topological polar surface area (TPSA) is 84.1 Å². The molecule has 17 heavy (non-hydrogen) atoms. The molecule has 6 heteroatoms. The normalized spacial score (nSPS) is 23.9. The number of hydrogen-bond donors (Lipinski definition) is 3. The van der Waals surface area contributed by atoms with Gasteiger partial charge in [0.2, 0.25) is 5.95 Å². The first-order valence-corrected chi connectivity index (χ1v) is 6.62. The lowest BCUT2D eigenvalue weighted by molar-refractivity contribution is 0.199. The van der Waals surface area contributed by atoms with E-state index in [0.717, 1.165) is 29.7 Å². The summed E-state index contributed by atoms with van der Waals surface area (Å²) in [6.45, 7) is 1.10. The van der Waals surface area contributed by atoms with Crippen molar-refractivity contribution >= 4 is 27.7 Å². The first-order chi connectivity index (χ1) is 8.20. The molecule has 2 atom stereocenters. The third-order valence-electron chi connectivity index (χ3n) is 3.35. The fourth-order valence-corrected chi connectivity index (χ4v) is 2.69. The van der Waals surface area contributed by atoms with E-state index >= 15 is 0 Å². The fraction of sp³-hybridized carbons (Fsp3) is 0.636. The van der Waals surface area contributed by atoms with Crippen LogP contribution in [0.3, 0.4) is 0 Å². The van der Waals surface area contributed by atoms with Gasteiger partial charge in [0.1, 0.15) is 5.82 Å². The molecule has 2 rings (SSSR count). The van der Waals surface area contributed by atoms with E-state index in [1.165, 1.54) is 6.42 Å². The molecule has 0 amide bonds. The van der Waals surface area contributed by atoms with Gasteiger partial charge in [0.25, 0.3) is 0 Å². The van der Waals surface area contributed by atoms with E-state index in [4.69, 9.17) is 5.73 Å². The zero-order valence-corrected chi connectivity index (χ0v) is 11.2. The highest BCUT2D eigenvalue weighted by molar-refractivity contribution is 9.10. The summed E-state index contributed by atoms with van der Waals surface area (Å²) >= 11 is 3.38. The highest BCUT2D eigenvalue weighted by atomic mass is 79.9. The van der Waals surface area contributed by atoms with E-state index in [2.05, 4.69) is 31.2 Å². The van der Waals surface area contributed by atoms with Crippen molar-refractivity contribution in [1.82, 2.24) is 9.97 Å². The van der Waals surface area contributed by atoms with Gasteiger partial charge in [-0.1, -0.05) is 6.42 Å². The number of nitrogens with two attached hydrogens (primary N) is 1. The molecule has 1 saturated carbocycles. The van der Waals surface area contributed by atoms with E-state index in [9.17, 15) is 5.11 Å². The van der Waals surface area contributed by atoms with Crippen LogP contribution in [0.2, 0.25) is 0 Å². The molecule has 1 fully saturated rings. The summed E-state index contributed by atoms with van der Waals surface area (Å²) in [6.07, 6.45) is 5.12. The lowest BCUT2D eigenvalue weighted by Gasteiger charge is -2.18. The second-order valence-electron chi connectivity index (χ2n) is 4.44. The Morgan fingerprint density at radius 2 is 2.24 bits per heavy atom. The van der Waals surface area contributed by atoms with Gasteiger partial charge >= 0.3 is 0 Å². The Morgan fingerprint density at radius 3 is 3.00 bits per heavy atom. The van der Waals surface area contributed by atoms with Crippen LogP contribution in [0.25, 0.3) is 0 Å². The van der Waals surface area contributed by atoms with Crippen LogP contribution in [0.15, 0.2) is 10.7 Å². The standard InChI is InChI=1S/C11H17BrN4O/c12-9-5-15-11(13)16-10(9)14-4-7-2-1-3-8(7)6-17/h5,7-8,17H,1-4,6H2,(H3,13,14,15,16). The van der Waals surface area contributed by atoms with Crippen LogP contribution in [0, 0.1) is 11.8 Å². The lowest BCUT2D eigenvalue weighted by Crippen LogP contribution is -2.21. The molecule has 0 aliphatic heterocycles. The van der Waals surface area contributed by atoms with Gasteiger partial charge in [0.05, 0.1) is 4.47 Å². The van der Waals surface area contributed by atoms with Crippen LogP contribution in [0.5, 0.6) is 0 Å². The number of hydrogen-bond acceptors (Lipinski definition) is 5. The van der Waals surface area contributed by atoms with Gasteiger partial charge in [-0.05, 0) is 40.6 Å².